The Bertz CT molecular complexity index is 376. The summed E-state index contributed by atoms with van der Waals surface area (Å²) in [6.45, 7) is 4.30. The molecule has 1 atom stereocenters. The van der Waals surface area contributed by atoms with Gasteiger partial charge >= 0.3 is 0 Å². The number of rotatable bonds is 2. The normalized spacial score (nSPS) is 20.8. The zero-order chi connectivity index (χ0) is 11.5. The van der Waals surface area contributed by atoms with Crippen LogP contribution < -0.4 is 10.1 Å². The highest BCUT2D eigenvalue weighted by Crippen LogP contribution is 2.33. The van der Waals surface area contributed by atoms with Crippen molar-refractivity contribution in [2.75, 3.05) is 26.9 Å². The lowest BCUT2D eigenvalue weighted by Gasteiger charge is -2.27. The van der Waals surface area contributed by atoms with Crippen LogP contribution in [0.4, 0.5) is 0 Å². The fourth-order valence-corrected chi connectivity index (χ4v) is 2.20. The number of ether oxygens (including phenoxy) is 2. The minimum Gasteiger partial charge on any atom is -0.496 e. The van der Waals surface area contributed by atoms with Gasteiger partial charge in [-0.15, -0.1) is 0 Å². The molecule has 1 N–H and O–H groups in total. The summed E-state index contributed by atoms with van der Waals surface area (Å²) in [5, 5.41) is 4.18. The smallest absolute Gasteiger partial charge is 0.124 e. The van der Waals surface area contributed by atoms with Crippen molar-refractivity contribution in [3.63, 3.8) is 0 Å². The van der Waals surface area contributed by atoms with Gasteiger partial charge in [0, 0.05) is 17.1 Å². The van der Waals surface area contributed by atoms with Gasteiger partial charge in [0.25, 0.3) is 0 Å². The molecule has 1 heterocycles. The van der Waals surface area contributed by atoms with Gasteiger partial charge in [0.2, 0.25) is 0 Å². The number of hydrogen-bond acceptors (Lipinski definition) is 3. The zero-order valence-corrected chi connectivity index (χ0v) is 10.3. The van der Waals surface area contributed by atoms with Crippen LogP contribution in [0.3, 0.4) is 0 Å². The minimum atomic E-state index is 0.169. The van der Waals surface area contributed by atoms with Crippen molar-refractivity contribution in [1.82, 2.24) is 5.32 Å². The molecule has 0 saturated carbocycles. The molecule has 0 bridgehead atoms. The van der Waals surface area contributed by atoms with E-state index in [9.17, 15) is 0 Å². The molecule has 4 heteroatoms. The molecule has 2 rings (SSSR count). The fraction of sp³-hybridized carbons (Fsp3) is 0.500. The maximum Gasteiger partial charge on any atom is 0.124 e. The van der Waals surface area contributed by atoms with E-state index in [0.29, 0.717) is 6.61 Å². The standard InChI is InChI=1S/C12H16ClNO2/c1-8-9(13)3-4-11(15-2)12(8)10-7-16-6-5-14-10/h3-4,10,14H,5-7H2,1-2H3. The monoisotopic (exact) mass is 241 g/mol. The summed E-state index contributed by atoms with van der Waals surface area (Å²) in [4.78, 5) is 0. The Morgan fingerprint density at radius 3 is 2.94 bits per heavy atom. The predicted molar refractivity (Wildman–Crippen MR) is 64.3 cm³/mol. The van der Waals surface area contributed by atoms with E-state index >= 15 is 0 Å². The minimum absolute atomic E-state index is 0.169. The van der Waals surface area contributed by atoms with Crippen molar-refractivity contribution in [2.45, 2.75) is 13.0 Å². The predicted octanol–water partition coefficient (Wildman–Crippen LogP) is 2.32. The number of morpholine rings is 1. The summed E-state index contributed by atoms with van der Waals surface area (Å²) >= 11 is 6.14. The van der Waals surface area contributed by atoms with Gasteiger partial charge in [0.1, 0.15) is 5.75 Å². The third-order valence-electron chi connectivity index (χ3n) is 2.90. The zero-order valence-electron chi connectivity index (χ0n) is 9.55. The molecule has 16 heavy (non-hydrogen) atoms. The van der Waals surface area contributed by atoms with Crippen molar-refractivity contribution < 1.29 is 9.47 Å². The number of halogens is 1. The van der Waals surface area contributed by atoms with Crippen molar-refractivity contribution in [3.05, 3.63) is 28.3 Å². The second kappa shape index (κ2) is 5.04. The second-order valence-electron chi connectivity index (χ2n) is 3.87. The summed E-state index contributed by atoms with van der Waals surface area (Å²) < 4.78 is 10.8. The molecule has 0 radical (unpaired) electrons. The van der Waals surface area contributed by atoms with Crippen LogP contribution in [-0.4, -0.2) is 26.9 Å². The topological polar surface area (TPSA) is 30.5 Å². The molecule has 0 aliphatic carbocycles. The first kappa shape index (κ1) is 11.7. The molecular formula is C12H16ClNO2. The lowest BCUT2D eigenvalue weighted by Crippen LogP contribution is -2.35. The first-order valence-electron chi connectivity index (χ1n) is 5.38. The first-order chi connectivity index (χ1) is 7.74. The van der Waals surface area contributed by atoms with Crippen LogP contribution in [0.5, 0.6) is 5.75 Å². The quantitative estimate of drug-likeness (QED) is 0.862. The molecular weight excluding hydrogens is 226 g/mol. The SMILES string of the molecule is COc1ccc(Cl)c(C)c1C1COCCN1. The molecule has 1 saturated heterocycles. The van der Waals surface area contributed by atoms with E-state index in [2.05, 4.69) is 5.32 Å². The fourth-order valence-electron chi connectivity index (χ4n) is 2.04. The summed E-state index contributed by atoms with van der Waals surface area (Å²) in [5.74, 6) is 0.866. The van der Waals surface area contributed by atoms with Crippen molar-refractivity contribution in [2.24, 2.45) is 0 Å². The van der Waals surface area contributed by atoms with E-state index in [4.69, 9.17) is 21.1 Å². The molecule has 1 fully saturated rings. The molecule has 3 nitrogen and oxygen atoms in total. The van der Waals surface area contributed by atoms with E-state index in [1.165, 1.54) is 0 Å². The van der Waals surface area contributed by atoms with Crippen LogP contribution in [-0.2, 0) is 4.74 Å². The van der Waals surface area contributed by atoms with Crippen LogP contribution in [0.2, 0.25) is 5.02 Å². The Kier molecular flexibility index (Phi) is 3.69. The largest absolute Gasteiger partial charge is 0.496 e. The van der Waals surface area contributed by atoms with Crippen LogP contribution in [0.1, 0.15) is 17.2 Å². The van der Waals surface area contributed by atoms with Gasteiger partial charge < -0.3 is 14.8 Å². The van der Waals surface area contributed by atoms with Gasteiger partial charge in [-0.1, -0.05) is 11.6 Å². The average molecular weight is 242 g/mol. The van der Waals surface area contributed by atoms with E-state index in [1.54, 1.807) is 7.11 Å². The van der Waals surface area contributed by atoms with E-state index < -0.39 is 0 Å². The Morgan fingerprint density at radius 2 is 2.31 bits per heavy atom. The lowest BCUT2D eigenvalue weighted by atomic mass is 9.99. The number of benzene rings is 1. The summed E-state index contributed by atoms with van der Waals surface area (Å²) in [5.41, 5.74) is 2.17. The van der Waals surface area contributed by atoms with Gasteiger partial charge in [-0.2, -0.15) is 0 Å². The van der Waals surface area contributed by atoms with E-state index in [-0.39, 0.29) is 6.04 Å². The van der Waals surface area contributed by atoms with Gasteiger partial charge in [-0.25, -0.2) is 0 Å². The van der Waals surface area contributed by atoms with Gasteiger partial charge in [-0.3, -0.25) is 0 Å². The third kappa shape index (κ3) is 2.17. The molecule has 0 spiro atoms. The van der Waals surface area contributed by atoms with Gasteiger partial charge in [0.15, 0.2) is 0 Å². The van der Waals surface area contributed by atoms with E-state index in [1.807, 2.05) is 19.1 Å². The molecule has 1 unspecified atom stereocenters. The maximum atomic E-state index is 6.14. The first-order valence-corrected chi connectivity index (χ1v) is 5.76. The molecule has 0 amide bonds. The van der Waals surface area contributed by atoms with Crippen molar-refractivity contribution in [3.8, 4) is 5.75 Å². The average Bonchev–Trinajstić information content (AvgIpc) is 2.33. The summed E-state index contributed by atoms with van der Waals surface area (Å²) in [6, 6.07) is 3.94. The van der Waals surface area contributed by atoms with Crippen LogP contribution in [0.25, 0.3) is 0 Å². The van der Waals surface area contributed by atoms with E-state index in [0.717, 1.165) is 35.1 Å². The molecule has 1 aromatic carbocycles. The van der Waals surface area contributed by atoms with Crippen LogP contribution >= 0.6 is 11.6 Å². The molecule has 88 valence electrons. The Labute approximate surface area is 101 Å². The highest BCUT2D eigenvalue weighted by Gasteiger charge is 2.22. The number of methoxy groups -OCH3 is 1. The van der Waals surface area contributed by atoms with Gasteiger partial charge in [-0.05, 0) is 24.6 Å². The Hall–Kier alpha value is -0.770. The summed E-state index contributed by atoms with van der Waals surface area (Å²) in [7, 11) is 1.68. The number of hydrogen-bond donors (Lipinski definition) is 1. The van der Waals surface area contributed by atoms with Crippen molar-refractivity contribution >= 4 is 11.6 Å². The number of nitrogens with one attached hydrogen (secondary N) is 1. The molecule has 1 aliphatic heterocycles. The molecule has 1 aromatic rings. The third-order valence-corrected chi connectivity index (χ3v) is 3.31. The summed E-state index contributed by atoms with van der Waals surface area (Å²) in [6.07, 6.45) is 0. The van der Waals surface area contributed by atoms with Crippen molar-refractivity contribution in [1.29, 1.82) is 0 Å². The highest BCUT2D eigenvalue weighted by atomic mass is 35.5. The Balaban J connectivity index is 2.39. The van der Waals surface area contributed by atoms with Crippen LogP contribution in [0.15, 0.2) is 12.1 Å². The lowest BCUT2D eigenvalue weighted by molar-refractivity contribution is 0.0758. The molecule has 0 aromatic heterocycles. The van der Waals surface area contributed by atoms with Crippen LogP contribution in [0, 0.1) is 6.92 Å². The second-order valence-corrected chi connectivity index (χ2v) is 4.28. The Morgan fingerprint density at radius 1 is 1.50 bits per heavy atom. The maximum absolute atomic E-state index is 6.14. The highest BCUT2D eigenvalue weighted by molar-refractivity contribution is 6.31. The van der Waals surface area contributed by atoms with Gasteiger partial charge in [0.05, 0.1) is 26.4 Å². The molecule has 1 aliphatic rings.